The van der Waals surface area contributed by atoms with Gasteiger partial charge in [-0.15, -0.1) is 11.3 Å². The van der Waals surface area contributed by atoms with Crippen LogP contribution < -0.4 is 5.32 Å². The number of carbonyl (C=O) groups excluding carboxylic acids is 2. The molecule has 1 aromatic rings. The van der Waals surface area contributed by atoms with Gasteiger partial charge in [0.25, 0.3) is 0 Å². The van der Waals surface area contributed by atoms with Crippen molar-refractivity contribution in [2.45, 2.75) is 116 Å². The molecule has 7 nitrogen and oxygen atoms in total. The zero-order valence-corrected chi connectivity index (χ0v) is 24.9. The first-order valence-corrected chi connectivity index (χ1v) is 15.2. The molecule has 3 rings (SSSR count). The van der Waals surface area contributed by atoms with Crippen LogP contribution in [0.4, 0.5) is 0 Å². The fourth-order valence-electron chi connectivity index (χ4n) is 6.14. The van der Waals surface area contributed by atoms with E-state index in [1.807, 2.05) is 24.3 Å². The number of fused-ring (bicyclic) bond motifs is 2. The number of aromatic nitrogens is 1. The summed E-state index contributed by atoms with van der Waals surface area (Å²) >= 11 is 1.61. The molecule has 1 aromatic heterocycles. The van der Waals surface area contributed by atoms with Crippen molar-refractivity contribution < 1.29 is 14.3 Å². The second kappa shape index (κ2) is 13.5. The zero-order chi connectivity index (χ0) is 27.2. The molecule has 2 saturated heterocycles. The summed E-state index contributed by atoms with van der Waals surface area (Å²) in [5, 5.41) is 6.27. The maximum atomic E-state index is 13.9. The molecule has 2 aliphatic rings. The number of ether oxygens (including phenoxy) is 1. The van der Waals surface area contributed by atoms with Crippen LogP contribution in [0, 0.1) is 18.3 Å². The fourth-order valence-corrected chi connectivity index (χ4v) is 6.88. The number of nitrogens with one attached hydrogen (secondary N) is 1. The van der Waals surface area contributed by atoms with Gasteiger partial charge in [-0.2, -0.15) is 0 Å². The molecule has 2 aliphatic heterocycles. The van der Waals surface area contributed by atoms with Gasteiger partial charge in [-0.05, 0) is 70.8 Å². The molecule has 0 unspecified atom stereocenters. The summed E-state index contributed by atoms with van der Waals surface area (Å²) in [6.07, 6.45) is 9.94. The highest BCUT2D eigenvalue weighted by molar-refractivity contribution is 7.09. The Morgan fingerprint density at radius 3 is 2.54 bits per heavy atom. The standard InChI is InChI=1S/C29H49N4O3S/c1-8-21(5)26(31-28(35)29-16-10-12-23(33(29)7)13-11-17-29)27(34)32(6)24(20(3)4)14-15-25-30-22(19-37-25)18-36-9-2/h15,19-21,23-24,26H,8-14,16-18H2,1-7H3,(H,31,35)/t21-,23?,24+,26-,29?/m0/s1. The summed E-state index contributed by atoms with van der Waals surface area (Å²) < 4.78 is 5.47. The predicted molar refractivity (Wildman–Crippen MR) is 150 cm³/mol. The average Bonchev–Trinajstić information content (AvgIpc) is 3.32. The number of hydrogen-bond donors (Lipinski definition) is 1. The molecule has 0 spiro atoms. The van der Waals surface area contributed by atoms with Crippen LogP contribution in [0.5, 0.6) is 0 Å². The molecule has 0 aliphatic carbocycles. The van der Waals surface area contributed by atoms with Crippen LogP contribution in [0.2, 0.25) is 0 Å². The van der Waals surface area contributed by atoms with Gasteiger partial charge in [0.1, 0.15) is 11.6 Å². The highest BCUT2D eigenvalue weighted by Gasteiger charge is 2.50. The number of piperidine rings is 2. The predicted octanol–water partition coefficient (Wildman–Crippen LogP) is 5.04. The molecule has 2 amide bonds. The normalized spacial score (nSPS) is 24.5. The first-order chi connectivity index (χ1) is 17.6. The van der Waals surface area contributed by atoms with Crippen LogP contribution in [0.25, 0.3) is 0 Å². The molecule has 0 saturated carbocycles. The van der Waals surface area contributed by atoms with E-state index in [2.05, 4.69) is 56.4 Å². The average molecular weight is 534 g/mol. The van der Waals surface area contributed by atoms with E-state index in [4.69, 9.17) is 4.74 Å². The van der Waals surface area contributed by atoms with Gasteiger partial charge in [0.05, 0.1) is 17.3 Å². The number of amides is 2. The summed E-state index contributed by atoms with van der Waals surface area (Å²) in [7, 11) is 4.00. The van der Waals surface area contributed by atoms with E-state index in [1.165, 1.54) is 12.8 Å². The lowest BCUT2D eigenvalue weighted by Crippen LogP contribution is -2.67. The Kier molecular flexibility index (Phi) is 11.0. The Morgan fingerprint density at radius 2 is 1.95 bits per heavy atom. The van der Waals surface area contributed by atoms with Crippen molar-refractivity contribution in [3.05, 3.63) is 22.5 Å². The van der Waals surface area contributed by atoms with Gasteiger partial charge in [-0.25, -0.2) is 4.98 Å². The minimum Gasteiger partial charge on any atom is -0.375 e. The van der Waals surface area contributed by atoms with Gasteiger partial charge in [-0.1, -0.05) is 34.1 Å². The van der Waals surface area contributed by atoms with Gasteiger partial charge < -0.3 is 15.0 Å². The number of hydrogen-bond acceptors (Lipinski definition) is 6. The van der Waals surface area contributed by atoms with Crippen molar-refractivity contribution in [1.29, 1.82) is 0 Å². The van der Waals surface area contributed by atoms with Crippen LogP contribution in [-0.4, -0.2) is 71.0 Å². The molecule has 2 fully saturated rings. The Morgan fingerprint density at radius 1 is 1.27 bits per heavy atom. The van der Waals surface area contributed by atoms with Gasteiger partial charge in [0.15, 0.2) is 0 Å². The quantitative estimate of drug-likeness (QED) is 0.384. The maximum absolute atomic E-state index is 13.9. The summed E-state index contributed by atoms with van der Waals surface area (Å²) in [4.78, 5) is 36.6. The third-order valence-corrected chi connectivity index (χ3v) is 9.73. The number of nitrogens with zero attached hydrogens (tertiary/aromatic N) is 3. The third-order valence-electron chi connectivity index (χ3n) is 8.84. The summed E-state index contributed by atoms with van der Waals surface area (Å²) in [6.45, 7) is 11.7. The third kappa shape index (κ3) is 6.93. The maximum Gasteiger partial charge on any atom is 0.245 e. The Bertz CT molecular complexity index is 878. The van der Waals surface area contributed by atoms with E-state index < -0.39 is 11.6 Å². The van der Waals surface area contributed by atoms with E-state index in [0.717, 1.165) is 49.2 Å². The first kappa shape index (κ1) is 30.0. The number of thiazole rings is 1. The number of carbonyl (C=O) groups is 2. The highest BCUT2D eigenvalue weighted by Crippen LogP contribution is 2.41. The molecule has 1 N–H and O–H groups in total. The van der Waals surface area contributed by atoms with E-state index in [-0.39, 0.29) is 29.7 Å². The second-order valence-corrected chi connectivity index (χ2v) is 12.3. The van der Waals surface area contributed by atoms with Crippen molar-refractivity contribution in [3.63, 3.8) is 0 Å². The van der Waals surface area contributed by atoms with Crippen molar-refractivity contribution in [1.82, 2.24) is 20.1 Å². The van der Waals surface area contributed by atoms with Crippen molar-refractivity contribution in [3.8, 4) is 0 Å². The number of rotatable bonds is 13. The SMILES string of the molecule is CCOCc1csc([CH]C[C@H](C(C)C)N(C)C(=O)[C@@H](NC(=O)C23CCCC(CCC2)N3C)[C@@H](C)CC)n1. The lowest BCUT2D eigenvalue weighted by molar-refractivity contribution is -0.147. The molecule has 209 valence electrons. The van der Waals surface area contributed by atoms with Gasteiger partial charge >= 0.3 is 0 Å². The minimum atomic E-state index is -0.522. The van der Waals surface area contributed by atoms with Crippen molar-refractivity contribution in [2.75, 3.05) is 20.7 Å². The van der Waals surface area contributed by atoms with Gasteiger partial charge in [-0.3, -0.25) is 14.5 Å². The smallest absolute Gasteiger partial charge is 0.245 e. The van der Waals surface area contributed by atoms with E-state index in [9.17, 15) is 9.59 Å². The summed E-state index contributed by atoms with van der Waals surface area (Å²) in [6, 6.07) is -0.0225. The van der Waals surface area contributed by atoms with Gasteiger partial charge in [0, 0.05) is 37.5 Å². The molecule has 1 radical (unpaired) electrons. The highest BCUT2D eigenvalue weighted by atomic mass is 32.1. The largest absolute Gasteiger partial charge is 0.375 e. The lowest BCUT2D eigenvalue weighted by Gasteiger charge is -2.52. The molecule has 37 heavy (non-hydrogen) atoms. The Labute approximate surface area is 228 Å². The molecule has 2 bridgehead atoms. The van der Waals surface area contributed by atoms with Crippen LogP contribution in [-0.2, 0) is 20.9 Å². The van der Waals surface area contributed by atoms with Crippen molar-refractivity contribution in [2.24, 2.45) is 11.8 Å². The van der Waals surface area contributed by atoms with Gasteiger partial charge in [0.2, 0.25) is 11.8 Å². The molecular weight excluding hydrogens is 484 g/mol. The lowest BCUT2D eigenvalue weighted by atomic mass is 9.73. The molecule has 0 aromatic carbocycles. The molecular formula is C29H49N4O3S. The van der Waals surface area contributed by atoms with Crippen LogP contribution >= 0.6 is 11.3 Å². The van der Waals surface area contributed by atoms with Crippen LogP contribution in [0.3, 0.4) is 0 Å². The Hall–Kier alpha value is -1.51. The molecule has 3 atom stereocenters. The number of likely N-dealkylation sites (N-methyl/N-ethyl adjacent to an activating group) is 2. The van der Waals surface area contributed by atoms with Crippen LogP contribution in [0.15, 0.2) is 5.38 Å². The summed E-state index contributed by atoms with van der Waals surface area (Å²) in [5.41, 5.74) is 0.473. The van der Waals surface area contributed by atoms with Crippen LogP contribution in [0.1, 0.15) is 96.7 Å². The van der Waals surface area contributed by atoms with Crippen molar-refractivity contribution >= 4 is 23.2 Å². The van der Waals surface area contributed by atoms with E-state index >= 15 is 0 Å². The van der Waals surface area contributed by atoms with E-state index in [0.29, 0.717) is 19.3 Å². The Balaban J connectivity index is 1.70. The molecule has 3 heterocycles. The minimum absolute atomic E-state index is 0.00759. The first-order valence-electron chi connectivity index (χ1n) is 14.3. The molecule has 8 heteroatoms. The summed E-state index contributed by atoms with van der Waals surface area (Å²) in [5.74, 6) is 0.376. The van der Waals surface area contributed by atoms with E-state index in [1.54, 1.807) is 11.3 Å². The fraction of sp³-hybridized carbons (Fsp3) is 0.793. The monoisotopic (exact) mass is 533 g/mol. The zero-order valence-electron chi connectivity index (χ0n) is 24.1. The second-order valence-electron chi connectivity index (χ2n) is 11.4. The topological polar surface area (TPSA) is 74.8 Å².